The van der Waals surface area contributed by atoms with E-state index in [1.165, 1.54) is 12.4 Å². The summed E-state index contributed by atoms with van der Waals surface area (Å²) in [6.45, 7) is 4.53. The standard InChI is InChI=1S/C34H42F2N6O3S/c1-24-25-8-7-9-27(20-25)34(35,36)26-10-16-41(17-11-26)14-5-3-2-4-6-15-42-31-28(30(40-24)38-23-39-31)21-29(32(42)43)33(22-37)12-18-46(44,45)19-13-33/h7-9,20-21,23-24,26H,2-6,10-19H2,1H3,(H,38,39,40)/t24-/m1/s1. The minimum Gasteiger partial charge on any atom is -0.363 e. The first-order valence-electron chi connectivity index (χ1n) is 16.5. The number of aryl methyl sites for hydroxylation is 1. The molecule has 3 aromatic rings. The zero-order chi connectivity index (χ0) is 32.5. The minimum absolute atomic E-state index is 0.00914. The van der Waals surface area contributed by atoms with Crippen molar-refractivity contribution in [2.24, 2.45) is 5.92 Å². The second-order valence-corrected chi connectivity index (χ2v) is 15.6. The summed E-state index contributed by atoms with van der Waals surface area (Å²) in [4.78, 5) is 25.4. The van der Waals surface area contributed by atoms with Crippen molar-refractivity contribution < 1.29 is 17.2 Å². The highest BCUT2D eigenvalue weighted by Gasteiger charge is 2.43. The monoisotopic (exact) mass is 652 g/mol. The Bertz CT molecular complexity index is 1780. The smallest absolute Gasteiger partial charge is 0.276 e. The summed E-state index contributed by atoms with van der Waals surface area (Å²) < 4.78 is 58.0. The first-order valence-corrected chi connectivity index (χ1v) is 18.3. The molecule has 1 aromatic carbocycles. The molecule has 8 bridgehead atoms. The summed E-state index contributed by atoms with van der Waals surface area (Å²) in [6.07, 6.45) is 7.02. The molecule has 12 heteroatoms. The molecule has 246 valence electrons. The first kappa shape index (κ1) is 32.5. The number of benzene rings is 1. The second kappa shape index (κ2) is 13.0. The number of alkyl halides is 2. The number of sulfone groups is 1. The van der Waals surface area contributed by atoms with Crippen LogP contribution in [0.25, 0.3) is 11.0 Å². The molecule has 2 fully saturated rings. The number of hydrogen-bond donors (Lipinski definition) is 1. The Labute approximate surface area is 269 Å². The Morgan fingerprint density at radius 1 is 0.978 bits per heavy atom. The lowest BCUT2D eigenvalue weighted by atomic mass is 9.77. The topological polar surface area (TPSA) is 121 Å². The molecule has 2 aromatic heterocycles. The number of nitrogens with one attached hydrogen (secondary N) is 1. The minimum atomic E-state index is -3.29. The Morgan fingerprint density at radius 2 is 1.67 bits per heavy atom. The molecular weight excluding hydrogens is 610 g/mol. The third kappa shape index (κ3) is 6.41. The van der Waals surface area contributed by atoms with E-state index < -0.39 is 33.1 Å². The summed E-state index contributed by atoms with van der Waals surface area (Å²) >= 11 is 0. The van der Waals surface area contributed by atoms with Gasteiger partial charge in [0.15, 0.2) is 0 Å². The Kier molecular flexibility index (Phi) is 9.18. The fourth-order valence-electron chi connectivity index (χ4n) is 7.37. The molecule has 4 aliphatic rings. The predicted molar refractivity (Wildman–Crippen MR) is 174 cm³/mol. The van der Waals surface area contributed by atoms with Crippen molar-refractivity contribution >= 4 is 26.7 Å². The van der Waals surface area contributed by atoms with Crippen LogP contribution in [0.4, 0.5) is 14.6 Å². The van der Waals surface area contributed by atoms with E-state index in [4.69, 9.17) is 0 Å². The fourth-order valence-corrected chi connectivity index (χ4v) is 8.89. The number of aromatic nitrogens is 3. The zero-order valence-electron chi connectivity index (χ0n) is 26.4. The highest BCUT2D eigenvalue weighted by atomic mass is 32.2. The number of nitriles is 1. The van der Waals surface area contributed by atoms with Gasteiger partial charge in [-0.05, 0) is 82.8 Å². The molecule has 46 heavy (non-hydrogen) atoms. The van der Waals surface area contributed by atoms with Gasteiger partial charge >= 0.3 is 0 Å². The highest BCUT2D eigenvalue weighted by molar-refractivity contribution is 7.91. The van der Waals surface area contributed by atoms with Gasteiger partial charge in [-0.15, -0.1) is 0 Å². The Balaban J connectivity index is 1.43. The summed E-state index contributed by atoms with van der Waals surface area (Å²) in [5.41, 5.74) is -0.222. The SMILES string of the molecule is C[C@H]1Nc2ncnc3c2cc(C2(C#N)CCS(=O)(=O)CC2)c(=O)n3CCCCCCCN2CCC(CC2)C(F)(F)c2cccc1c2. The number of anilines is 1. The average Bonchev–Trinajstić information content (AvgIpc) is 3.05. The van der Waals surface area contributed by atoms with Gasteiger partial charge in [-0.25, -0.2) is 27.2 Å². The maximum atomic E-state index is 15.9. The molecule has 4 aliphatic heterocycles. The zero-order valence-corrected chi connectivity index (χ0v) is 27.2. The summed E-state index contributed by atoms with van der Waals surface area (Å²) in [6, 6.07) is 10.1. The molecule has 1 atom stereocenters. The van der Waals surface area contributed by atoms with Crippen molar-refractivity contribution in [3.05, 3.63) is 63.7 Å². The van der Waals surface area contributed by atoms with Crippen molar-refractivity contribution in [1.29, 1.82) is 5.26 Å². The number of fused-ring (bicyclic) bond motifs is 9. The van der Waals surface area contributed by atoms with E-state index in [1.807, 2.05) is 13.0 Å². The Morgan fingerprint density at radius 3 is 2.39 bits per heavy atom. The van der Waals surface area contributed by atoms with Crippen LogP contribution in [-0.2, 0) is 27.7 Å². The van der Waals surface area contributed by atoms with E-state index in [1.54, 1.807) is 22.8 Å². The van der Waals surface area contributed by atoms with Gasteiger partial charge in [0.05, 0.1) is 28.4 Å². The van der Waals surface area contributed by atoms with Gasteiger partial charge < -0.3 is 10.2 Å². The third-order valence-electron chi connectivity index (χ3n) is 10.4. The van der Waals surface area contributed by atoms with Crippen LogP contribution < -0.4 is 10.9 Å². The van der Waals surface area contributed by atoms with Crippen LogP contribution in [0.5, 0.6) is 0 Å². The van der Waals surface area contributed by atoms with Crippen LogP contribution in [0.1, 0.15) is 87.4 Å². The van der Waals surface area contributed by atoms with Crippen molar-refractivity contribution in [3.8, 4) is 6.07 Å². The molecule has 0 aliphatic carbocycles. The number of rotatable bonds is 1. The fraction of sp³-hybridized carbons (Fsp3) is 0.588. The Hall–Kier alpha value is -3.43. The number of nitrogens with zero attached hydrogens (tertiary/aromatic N) is 5. The molecule has 7 rings (SSSR count). The van der Waals surface area contributed by atoms with Crippen molar-refractivity contribution in [2.45, 2.75) is 88.6 Å². The molecule has 9 nitrogen and oxygen atoms in total. The summed E-state index contributed by atoms with van der Waals surface area (Å²) in [5, 5.41) is 14.3. The van der Waals surface area contributed by atoms with Crippen molar-refractivity contribution in [2.75, 3.05) is 36.5 Å². The molecule has 1 N–H and O–H groups in total. The van der Waals surface area contributed by atoms with Gasteiger partial charge in [0.25, 0.3) is 11.5 Å². The molecule has 0 amide bonds. The van der Waals surface area contributed by atoms with Gasteiger partial charge in [0.2, 0.25) is 0 Å². The van der Waals surface area contributed by atoms with Crippen LogP contribution in [-0.4, -0.2) is 59.0 Å². The van der Waals surface area contributed by atoms with Crippen LogP contribution in [0.2, 0.25) is 0 Å². The lowest BCUT2D eigenvalue weighted by Gasteiger charge is -2.36. The quantitative estimate of drug-likeness (QED) is 0.355. The molecule has 0 spiro atoms. The number of halogens is 2. The maximum Gasteiger partial charge on any atom is 0.276 e. The number of piperidine rings is 1. The second-order valence-electron chi connectivity index (χ2n) is 13.3. The van der Waals surface area contributed by atoms with Crippen molar-refractivity contribution in [3.63, 3.8) is 0 Å². The molecular formula is C34H42F2N6O3S. The predicted octanol–water partition coefficient (Wildman–Crippen LogP) is 5.70. The van der Waals surface area contributed by atoms with Crippen LogP contribution in [0.15, 0.2) is 41.5 Å². The summed E-state index contributed by atoms with van der Waals surface area (Å²) in [7, 11) is -3.29. The third-order valence-corrected chi connectivity index (χ3v) is 12.0. The molecule has 0 unspecified atom stereocenters. The van der Waals surface area contributed by atoms with E-state index in [-0.39, 0.29) is 41.0 Å². The van der Waals surface area contributed by atoms with Crippen molar-refractivity contribution in [1.82, 2.24) is 19.4 Å². The van der Waals surface area contributed by atoms with Crippen LogP contribution in [0.3, 0.4) is 0 Å². The number of hydrogen-bond acceptors (Lipinski definition) is 8. The normalized spacial score (nSPS) is 26.4. The molecule has 2 saturated heterocycles. The van der Waals surface area contributed by atoms with E-state index in [9.17, 15) is 18.5 Å². The summed E-state index contributed by atoms with van der Waals surface area (Å²) in [5.74, 6) is -3.57. The van der Waals surface area contributed by atoms with Crippen LogP contribution in [0, 0.1) is 17.2 Å². The van der Waals surface area contributed by atoms with Gasteiger partial charge in [0.1, 0.15) is 27.6 Å². The molecule has 0 radical (unpaired) electrons. The van der Waals surface area contributed by atoms with Gasteiger partial charge in [-0.1, -0.05) is 37.5 Å². The molecule has 6 heterocycles. The largest absolute Gasteiger partial charge is 0.363 e. The van der Waals surface area contributed by atoms with Gasteiger partial charge in [-0.3, -0.25) is 9.36 Å². The lowest BCUT2D eigenvalue weighted by molar-refractivity contribution is -0.0855. The van der Waals surface area contributed by atoms with Crippen LogP contribution >= 0.6 is 0 Å². The van der Waals surface area contributed by atoms with Gasteiger partial charge in [0, 0.05) is 29.6 Å². The highest BCUT2D eigenvalue weighted by Crippen LogP contribution is 2.42. The van der Waals surface area contributed by atoms with Gasteiger partial charge in [-0.2, -0.15) is 5.26 Å². The average molecular weight is 653 g/mol. The van der Waals surface area contributed by atoms with E-state index in [0.717, 1.165) is 38.6 Å². The van der Waals surface area contributed by atoms with E-state index >= 15 is 8.78 Å². The lowest BCUT2D eigenvalue weighted by Crippen LogP contribution is -2.41. The van der Waals surface area contributed by atoms with E-state index in [2.05, 4.69) is 26.3 Å². The first-order chi connectivity index (χ1) is 22.0. The maximum absolute atomic E-state index is 15.9. The number of pyridine rings is 1. The molecule has 0 saturated carbocycles. The van der Waals surface area contributed by atoms with E-state index in [0.29, 0.717) is 54.9 Å².